The fourth-order valence-corrected chi connectivity index (χ4v) is 1.98. The fraction of sp³-hybridized carbons (Fsp3) is 0.909. The summed E-state index contributed by atoms with van der Waals surface area (Å²) in [7, 11) is 0. The van der Waals surface area contributed by atoms with Crippen molar-refractivity contribution in [3.63, 3.8) is 0 Å². The molecular weight excluding hydrogens is 162 g/mol. The van der Waals surface area contributed by atoms with Crippen LogP contribution in [0.1, 0.15) is 34.1 Å². The Morgan fingerprint density at radius 2 is 2.00 bits per heavy atom. The molecular formula is C11H19NO. The molecule has 1 rings (SSSR count). The third-order valence-corrected chi connectivity index (χ3v) is 3.16. The van der Waals surface area contributed by atoms with E-state index in [0.29, 0.717) is 5.92 Å². The first kappa shape index (κ1) is 10.5. The molecule has 1 aliphatic heterocycles. The minimum Gasteiger partial charge on any atom is -0.380 e. The molecule has 0 saturated carbocycles. The molecule has 2 nitrogen and oxygen atoms in total. The molecule has 0 N–H and O–H groups in total. The summed E-state index contributed by atoms with van der Waals surface area (Å²) in [6.07, 6.45) is 1.09. The second kappa shape index (κ2) is 3.31. The highest BCUT2D eigenvalue weighted by atomic mass is 16.5. The van der Waals surface area contributed by atoms with Crippen LogP contribution in [0.3, 0.4) is 0 Å². The zero-order chi connectivity index (χ0) is 10.1. The van der Waals surface area contributed by atoms with Crippen LogP contribution in [0.4, 0.5) is 0 Å². The normalized spacial score (nSPS) is 20.9. The van der Waals surface area contributed by atoms with Gasteiger partial charge >= 0.3 is 0 Å². The average Bonchev–Trinajstić information content (AvgIpc) is 1.96. The van der Waals surface area contributed by atoms with Gasteiger partial charge in [0.25, 0.3) is 0 Å². The molecule has 2 heteroatoms. The molecule has 74 valence electrons. The summed E-state index contributed by atoms with van der Waals surface area (Å²) in [5.74, 6) is 0.636. The first-order valence-electron chi connectivity index (χ1n) is 4.92. The van der Waals surface area contributed by atoms with Crippen LogP contribution < -0.4 is 0 Å². The van der Waals surface area contributed by atoms with Crippen molar-refractivity contribution >= 4 is 0 Å². The maximum Gasteiger partial charge on any atom is 0.0691 e. The van der Waals surface area contributed by atoms with Gasteiger partial charge < -0.3 is 4.74 Å². The van der Waals surface area contributed by atoms with E-state index in [4.69, 9.17) is 10.00 Å². The molecule has 0 aromatic rings. The predicted octanol–water partition coefficient (Wildman–Crippen LogP) is 2.60. The van der Waals surface area contributed by atoms with Crippen molar-refractivity contribution in [3.8, 4) is 6.07 Å². The number of hydrogen-bond acceptors (Lipinski definition) is 2. The molecule has 0 atom stereocenters. The van der Waals surface area contributed by atoms with Crippen molar-refractivity contribution < 1.29 is 4.74 Å². The van der Waals surface area contributed by atoms with Crippen molar-refractivity contribution in [2.24, 2.45) is 16.7 Å². The van der Waals surface area contributed by atoms with Gasteiger partial charge in [0.2, 0.25) is 0 Å². The van der Waals surface area contributed by atoms with E-state index in [2.05, 4.69) is 19.9 Å². The zero-order valence-electron chi connectivity index (χ0n) is 9.05. The highest BCUT2D eigenvalue weighted by Gasteiger charge is 2.51. The molecule has 1 heterocycles. The number of nitriles is 1. The van der Waals surface area contributed by atoms with Gasteiger partial charge in [-0.2, -0.15) is 5.26 Å². The lowest BCUT2D eigenvalue weighted by Gasteiger charge is -2.50. The number of rotatable bonds is 3. The molecule has 13 heavy (non-hydrogen) atoms. The topological polar surface area (TPSA) is 33.0 Å². The van der Waals surface area contributed by atoms with Crippen LogP contribution in [0.5, 0.6) is 0 Å². The van der Waals surface area contributed by atoms with Crippen molar-refractivity contribution in [1.82, 2.24) is 0 Å². The fourth-order valence-electron chi connectivity index (χ4n) is 1.98. The van der Waals surface area contributed by atoms with Gasteiger partial charge in [0, 0.05) is 5.41 Å². The van der Waals surface area contributed by atoms with Gasteiger partial charge in [-0.1, -0.05) is 13.8 Å². The van der Waals surface area contributed by atoms with Gasteiger partial charge in [-0.05, 0) is 26.2 Å². The summed E-state index contributed by atoms with van der Waals surface area (Å²) in [4.78, 5) is 0. The molecule has 0 radical (unpaired) electrons. The second-order valence-electron chi connectivity index (χ2n) is 5.11. The molecule has 0 aromatic carbocycles. The summed E-state index contributed by atoms with van der Waals surface area (Å²) in [6, 6.07) is 2.41. The summed E-state index contributed by atoms with van der Waals surface area (Å²) in [5, 5.41) is 9.10. The third kappa shape index (κ3) is 1.71. The Bertz CT molecular complexity index is 221. The van der Waals surface area contributed by atoms with Gasteiger partial charge in [-0.25, -0.2) is 0 Å². The third-order valence-electron chi connectivity index (χ3n) is 3.16. The Labute approximate surface area is 80.9 Å². The molecule has 1 aliphatic rings. The van der Waals surface area contributed by atoms with E-state index in [-0.39, 0.29) is 10.8 Å². The van der Waals surface area contributed by atoms with Crippen LogP contribution in [0.25, 0.3) is 0 Å². The van der Waals surface area contributed by atoms with Crippen LogP contribution in [0.15, 0.2) is 0 Å². The van der Waals surface area contributed by atoms with E-state index >= 15 is 0 Å². The van der Waals surface area contributed by atoms with E-state index in [1.807, 2.05) is 13.8 Å². The minimum atomic E-state index is -0.254. The first-order valence-corrected chi connectivity index (χ1v) is 4.92. The van der Waals surface area contributed by atoms with Crippen molar-refractivity contribution in [2.75, 3.05) is 13.2 Å². The number of ether oxygens (including phenoxy) is 1. The Kier molecular flexibility index (Phi) is 2.68. The van der Waals surface area contributed by atoms with Crippen LogP contribution in [0.2, 0.25) is 0 Å². The molecule has 1 saturated heterocycles. The second-order valence-corrected chi connectivity index (χ2v) is 5.11. The Morgan fingerprint density at radius 3 is 2.23 bits per heavy atom. The molecule has 0 bridgehead atoms. The quantitative estimate of drug-likeness (QED) is 0.670. The first-order chi connectivity index (χ1) is 5.93. The molecule has 0 amide bonds. The predicted molar refractivity (Wildman–Crippen MR) is 52.1 cm³/mol. The van der Waals surface area contributed by atoms with E-state index in [1.54, 1.807) is 0 Å². The van der Waals surface area contributed by atoms with Gasteiger partial charge in [-0.3, -0.25) is 0 Å². The van der Waals surface area contributed by atoms with Gasteiger partial charge in [0.05, 0.1) is 24.7 Å². The van der Waals surface area contributed by atoms with Crippen molar-refractivity contribution in [2.45, 2.75) is 34.1 Å². The molecule has 0 spiro atoms. The summed E-state index contributed by atoms with van der Waals surface area (Å²) in [5.41, 5.74) is -0.147. The summed E-state index contributed by atoms with van der Waals surface area (Å²) >= 11 is 0. The summed E-state index contributed by atoms with van der Waals surface area (Å²) < 4.78 is 5.28. The largest absolute Gasteiger partial charge is 0.380 e. The standard InChI is InChI=1S/C11H19NO/c1-9(2)5-11(7-13-8-11)10(3,4)6-12/h9H,5,7-8H2,1-4H3. The van der Waals surface area contributed by atoms with Crippen molar-refractivity contribution in [3.05, 3.63) is 0 Å². The lowest BCUT2D eigenvalue weighted by molar-refractivity contribution is -0.168. The Hall–Kier alpha value is -0.550. The lowest BCUT2D eigenvalue weighted by atomic mass is 9.61. The van der Waals surface area contributed by atoms with E-state index in [9.17, 15) is 0 Å². The van der Waals surface area contributed by atoms with Crippen LogP contribution >= 0.6 is 0 Å². The molecule has 1 fully saturated rings. The van der Waals surface area contributed by atoms with E-state index in [0.717, 1.165) is 19.6 Å². The van der Waals surface area contributed by atoms with Gasteiger partial charge in [-0.15, -0.1) is 0 Å². The highest BCUT2D eigenvalue weighted by Crippen LogP contribution is 2.48. The maximum atomic E-state index is 9.10. The molecule has 0 aliphatic carbocycles. The van der Waals surface area contributed by atoms with E-state index in [1.165, 1.54) is 0 Å². The van der Waals surface area contributed by atoms with Crippen LogP contribution in [-0.4, -0.2) is 13.2 Å². The monoisotopic (exact) mass is 181 g/mol. The van der Waals surface area contributed by atoms with Gasteiger partial charge in [0.15, 0.2) is 0 Å². The number of hydrogen-bond donors (Lipinski definition) is 0. The highest BCUT2D eigenvalue weighted by molar-refractivity contribution is 5.08. The SMILES string of the molecule is CC(C)CC1(C(C)(C)C#N)COC1. The molecule has 0 unspecified atom stereocenters. The number of nitrogens with zero attached hydrogens (tertiary/aromatic N) is 1. The molecule has 0 aromatic heterocycles. The smallest absolute Gasteiger partial charge is 0.0691 e. The minimum absolute atomic E-state index is 0.107. The average molecular weight is 181 g/mol. The lowest BCUT2D eigenvalue weighted by Crippen LogP contribution is -2.53. The van der Waals surface area contributed by atoms with Crippen LogP contribution in [-0.2, 0) is 4.74 Å². The van der Waals surface area contributed by atoms with E-state index < -0.39 is 0 Å². The maximum absolute atomic E-state index is 9.10. The zero-order valence-corrected chi connectivity index (χ0v) is 9.05. The van der Waals surface area contributed by atoms with Crippen molar-refractivity contribution in [1.29, 1.82) is 5.26 Å². The Morgan fingerprint density at radius 1 is 1.46 bits per heavy atom. The van der Waals surface area contributed by atoms with Crippen LogP contribution in [0, 0.1) is 28.1 Å². The summed E-state index contributed by atoms with van der Waals surface area (Å²) in [6.45, 7) is 9.97. The Balaban J connectivity index is 2.76. The van der Waals surface area contributed by atoms with Gasteiger partial charge in [0.1, 0.15) is 0 Å².